The van der Waals surface area contributed by atoms with Gasteiger partial charge in [0.2, 0.25) is 0 Å². The Morgan fingerprint density at radius 3 is 2.90 bits per heavy atom. The van der Waals surface area contributed by atoms with Crippen molar-refractivity contribution in [2.45, 2.75) is 6.37 Å². The van der Waals surface area contributed by atoms with E-state index in [0.29, 0.717) is 5.69 Å². The number of aromatic nitrogens is 2. The maximum atomic E-state index is 13.5. The molecule has 0 aliphatic carbocycles. The average molecular weight is 439 g/mol. The van der Waals surface area contributed by atoms with Crippen LogP contribution in [0.5, 0.6) is 11.5 Å². The van der Waals surface area contributed by atoms with Gasteiger partial charge in [0.25, 0.3) is 0 Å². The first kappa shape index (κ1) is 14.3. The molecule has 0 spiro atoms. The summed E-state index contributed by atoms with van der Waals surface area (Å²) in [5.74, 6) is -1.41. The molecule has 2 aromatic carbocycles. The van der Waals surface area contributed by atoms with Crippen LogP contribution in [0.4, 0.5) is 15.9 Å². The fraction of sp³-hybridized carbons (Fsp3) is 0.333. The summed E-state index contributed by atoms with van der Waals surface area (Å²) in [5, 5.41) is 13.5. The molecule has 0 amide bonds. The number of hydrogen-bond donors (Lipinski definition) is 2. The number of phenolic OH excluding ortho intramolecular Hbond substituents is 1. The van der Waals surface area contributed by atoms with E-state index in [9.17, 15) is 9.50 Å². The second-order valence-electron chi connectivity index (χ2n) is 6.35. The third kappa shape index (κ3) is 4.89. The van der Waals surface area contributed by atoms with Crippen molar-refractivity contribution in [2.75, 3.05) is 44.7 Å². The van der Waals surface area contributed by atoms with Gasteiger partial charge in [0.05, 0.1) is 33.1 Å². The van der Waals surface area contributed by atoms with Gasteiger partial charge in [-0.2, -0.15) is 0 Å². The lowest BCUT2D eigenvalue weighted by molar-refractivity contribution is 0.0357. The van der Waals surface area contributed by atoms with Crippen molar-refractivity contribution in [1.29, 1.82) is 0 Å². The first-order chi connectivity index (χ1) is 16.8. The molecule has 0 atom stereocenters. The van der Waals surface area contributed by atoms with E-state index in [1.807, 2.05) is 0 Å². The standard InChI is InChI=1S/C21H22ClFN4O3/c22-16-10-14(2-3-17(16)23)26-21-15-11-20(19(28)12-18(15)24-13-25-21)30-7-1-4-27-5-8-29-9-6-27/h2-3,10-13,28H,1,4-9H2,(H,24,25,26)/i1D2,4D2,7D2. The molecule has 1 fully saturated rings. The van der Waals surface area contributed by atoms with E-state index in [-0.39, 0.29) is 48.0 Å². The summed E-state index contributed by atoms with van der Waals surface area (Å²) in [6.07, 6.45) is -1.96. The van der Waals surface area contributed by atoms with Gasteiger partial charge in [-0.3, -0.25) is 4.90 Å². The molecular formula is C21H22ClFN4O3. The van der Waals surface area contributed by atoms with Gasteiger partial charge in [0, 0.05) is 42.2 Å². The molecule has 3 aromatic rings. The van der Waals surface area contributed by atoms with Crippen molar-refractivity contribution in [3.05, 3.63) is 47.5 Å². The van der Waals surface area contributed by atoms with E-state index >= 15 is 0 Å². The molecule has 4 rings (SSSR count). The van der Waals surface area contributed by atoms with Gasteiger partial charge in [-0.15, -0.1) is 0 Å². The number of rotatable bonds is 7. The Labute approximate surface area is 186 Å². The maximum Gasteiger partial charge on any atom is 0.161 e. The summed E-state index contributed by atoms with van der Waals surface area (Å²) < 4.78 is 73.9. The Morgan fingerprint density at radius 1 is 1.27 bits per heavy atom. The Bertz CT molecular complexity index is 1280. The summed E-state index contributed by atoms with van der Waals surface area (Å²) in [5.41, 5.74) is 0.639. The molecule has 30 heavy (non-hydrogen) atoms. The summed E-state index contributed by atoms with van der Waals surface area (Å²) in [6.45, 7) is -5.47. The highest BCUT2D eigenvalue weighted by Gasteiger charge is 2.13. The molecule has 0 bridgehead atoms. The zero-order chi connectivity index (χ0) is 26.3. The Hall–Kier alpha value is -2.68. The Balaban J connectivity index is 1.67. The number of halogens is 2. The van der Waals surface area contributed by atoms with E-state index in [0.717, 1.165) is 11.0 Å². The predicted molar refractivity (Wildman–Crippen MR) is 113 cm³/mol. The van der Waals surface area contributed by atoms with Crippen molar-refractivity contribution in [2.24, 2.45) is 0 Å². The van der Waals surface area contributed by atoms with E-state index in [4.69, 9.17) is 29.3 Å². The van der Waals surface area contributed by atoms with Crippen molar-refractivity contribution in [3.63, 3.8) is 0 Å². The van der Waals surface area contributed by atoms with Crippen LogP contribution >= 0.6 is 11.6 Å². The summed E-state index contributed by atoms with van der Waals surface area (Å²) in [6, 6.07) is 6.30. The number of benzene rings is 2. The number of anilines is 2. The van der Waals surface area contributed by atoms with E-state index in [2.05, 4.69) is 15.3 Å². The van der Waals surface area contributed by atoms with Crippen LogP contribution in [-0.2, 0) is 4.74 Å². The largest absolute Gasteiger partial charge is 0.504 e. The van der Waals surface area contributed by atoms with Crippen LogP contribution < -0.4 is 10.1 Å². The summed E-state index contributed by atoms with van der Waals surface area (Å²) in [4.78, 5) is 9.35. The van der Waals surface area contributed by atoms with Crippen LogP contribution in [0.2, 0.25) is 5.02 Å². The van der Waals surface area contributed by atoms with Gasteiger partial charge in [-0.1, -0.05) is 11.6 Å². The van der Waals surface area contributed by atoms with E-state index in [1.165, 1.54) is 30.6 Å². The van der Waals surface area contributed by atoms with Crippen molar-refractivity contribution >= 4 is 34.0 Å². The number of aromatic hydroxyl groups is 1. The predicted octanol–water partition coefficient (Wildman–Crippen LogP) is 3.97. The zero-order valence-corrected chi connectivity index (χ0v) is 16.4. The Morgan fingerprint density at radius 2 is 2.10 bits per heavy atom. The molecule has 0 unspecified atom stereocenters. The number of nitrogens with one attached hydrogen (secondary N) is 1. The smallest absolute Gasteiger partial charge is 0.161 e. The lowest BCUT2D eigenvalue weighted by Gasteiger charge is -2.26. The van der Waals surface area contributed by atoms with Crippen LogP contribution in [-0.4, -0.2) is 59.3 Å². The molecule has 7 nitrogen and oxygen atoms in total. The normalized spacial score (nSPS) is 19.1. The summed E-state index contributed by atoms with van der Waals surface area (Å²) in [7, 11) is 0. The van der Waals surface area contributed by atoms with Crippen LogP contribution in [0, 0.1) is 5.82 Å². The minimum absolute atomic E-state index is 0.0730. The van der Waals surface area contributed by atoms with Gasteiger partial charge in [-0.25, -0.2) is 14.4 Å². The highest BCUT2D eigenvalue weighted by molar-refractivity contribution is 6.31. The van der Waals surface area contributed by atoms with Crippen LogP contribution in [0.1, 0.15) is 14.6 Å². The molecule has 2 heterocycles. The zero-order valence-electron chi connectivity index (χ0n) is 21.7. The minimum atomic E-state index is -3.21. The van der Waals surface area contributed by atoms with Crippen LogP contribution in [0.15, 0.2) is 36.7 Å². The molecule has 1 saturated heterocycles. The molecule has 0 radical (unpaired) electrons. The third-order valence-corrected chi connectivity index (χ3v) is 4.63. The van der Waals surface area contributed by atoms with Gasteiger partial charge in [0.15, 0.2) is 11.5 Å². The molecule has 1 aromatic heterocycles. The Kier molecular flexibility index (Phi) is 4.51. The first-order valence-electron chi connectivity index (χ1n) is 12.0. The number of hydrogen-bond acceptors (Lipinski definition) is 7. The number of morpholine rings is 1. The molecule has 158 valence electrons. The van der Waals surface area contributed by atoms with Crippen LogP contribution in [0.25, 0.3) is 10.9 Å². The quantitative estimate of drug-likeness (QED) is 0.577. The molecule has 1 aliphatic rings. The molecule has 0 saturated carbocycles. The first-order valence-corrected chi connectivity index (χ1v) is 9.43. The topological polar surface area (TPSA) is 79.7 Å². The number of phenols is 1. The second kappa shape index (κ2) is 9.42. The highest BCUT2D eigenvalue weighted by Crippen LogP contribution is 2.34. The van der Waals surface area contributed by atoms with Gasteiger partial charge in [-0.05, 0) is 30.6 Å². The van der Waals surface area contributed by atoms with Gasteiger partial charge in [0.1, 0.15) is 18.0 Å². The monoisotopic (exact) mass is 438 g/mol. The fourth-order valence-electron chi connectivity index (χ4n) is 2.82. The summed E-state index contributed by atoms with van der Waals surface area (Å²) >= 11 is 5.83. The number of ether oxygens (including phenoxy) is 2. The third-order valence-electron chi connectivity index (χ3n) is 4.34. The van der Waals surface area contributed by atoms with Crippen molar-refractivity contribution in [3.8, 4) is 11.5 Å². The van der Waals surface area contributed by atoms with Crippen molar-refractivity contribution in [1.82, 2.24) is 14.9 Å². The second-order valence-corrected chi connectivity index (χ2v) is 6.76. The van der Waals surface area contributed by atoms with Gasteiger partial charge >= 0.3 is 0 Å². The van der Waals surface area contributed by atoms with Crippen molar-refractivity contribution < 1.29 is 27.2 Å². The lowest BCUT2D eigenvalue weighted by atomic mass is 10.2. The minimum Gasteiger partial charge on any atom is -0.504 e. The molecular weight excluding hydrogens is 411 g/mol. The van der Waals surface area contributed by atoms with Crippen LogP contribution in [0.3, 0.4) is 0 Å². The number of nitrogens with zero attached hydrogens (tertiary/aromatic N) is 3. The van der Waals surface area contributed by atoms with E-state index in [1.54, 1.807) is 0 Å². The molecule has 9 heteroatoms. The average Bonchev–Trinajstić information content (AvgIpc) is 2.82. The fourth-order valence-corrected chi connectivity index (χ4v) is 3.00. The molecule has 1 aliphatic heterocycles. The SMILES string of the molecule is [2H]C([2H])(Oc1cc2c(Nc3ccc(F)c(Cl)c3)ncnc2cc1O)C([2H])([2H])C([2H])([2H])N1CCOCC1. The van der Waals surface area contributed by atoms with E-state index < -0.39 is 36.7 Å². The maximum absolute atomic E-state index is 13.5. The number of fused-ring (bicyclic) bond motifs is 1. The lowest BCUT2D eigenvalue weighted by Crippen LogP contribution is -2.37. The molecule has 2 N–H and O–H groups in total. The van der Waals surface area contributed by atoms with Gasteiger partial charge < -0.3 is 19.9 Å². The highest BCUT2D eigenvalue weighted by atomic mass is 35.5.